The molecule has 342 valence electrons. The molecule has 0 bridgehead atoms. The molecule has 0 radical (unpaired) electrons. The molecule has 0 unspecified atom stereocenters. The van der Waals surface area contributed by atoms with Crippen LogP contribution in [-0.2, 0) is 6.42 Å². The van der Waals surface area contributed by atoms with E-state index in [1.165, 1.54) is 38.9 Å². The van der Waals surface area contributed by atoms with Gasteiger partial charge in [0.2, 0.25) is 0 Å². The number of nitrogens with zero attached hydrogens (tertiary/aromatic N) is 4. The lowest BCUT2D eigenvalue weighted by atomic mass is 9.90. The van der Waals surface area contributed by atoms with Crippen LogP contribution >= 0.6 is 0 Å². The first-order valence-electron chi connectivity index (χ1n) is 24.9. The van der Waals surface area contributed by atoms with Crippen molar-refractivity contribution in [2.24, 2.45) is 0 Å². The van der Waals surface area contributed by atoms with Crippen LogP contribution in [0.2, 0.25) is 0 Å². The summed E-state index contributed by atoms with van der Waals surface area (Å²) in [4.78, 5) is 16.0. The van der Waals surface area contributed by atoms with E-state index in [-0.39, 0.29) is 0 Å². The highest BCUT2D eigenvalue weighted by Gasteiger charge is 2.27. The highest BCUT2D eigenvalue weighted by molar-refractivity contribution is 6.03. The molecule has 0 aliphatic heterocycles. The van der Waals surface area contributed by atoms with Gasteiger partial charge < -0.3 is 4.57 Å². The van der Waals surface area contributed by atoms with Crippen molar-refractivity contribution in [3.8, 4) is 95.5 Å². The summed E-state index contributed by atoms with van der Waals surface area (Å²) < 4.78 is 2.53. The third-order valence-electron chi connectivity index (χ3n) is 14.1. The highest BCUT2D eigenvalue weighted by atomic mass is 15.0. The van der Waals surface area contributed by atoms with Gasteiger partial charge in [0.05, 0.1) is 11.2 Å². The molecule has 1 aliphatic carbocycles. The molecule has 10 aromatic carbocycles. The average molecular weight is 931 g/mol. The Bertz CT molecular complexity index is 3780. The molecule has 12 aromatic rings. The van der Waals surface area contributed by atoms with Gasteiger partial charge in [0, 0.05) is 50.0 Å². The van der Waals surface area contributed by atoms with Gasteiger partial charge in [0.1, 0.15) is 0 Å². The number of benzene rings is 9. The van der Waals surface area contributed by atoms with E-state index in [1.807, 2.05) is 24.3 Å². The lowest BCUT2D eigenvalue weighted by Gasteiger charge is -2.23. The molecule has 4 heteroatoms. The molecule has 0 saturated heterocycles. The van der Waals surface area contributed by atoms with Crippen molar-refractivity contribution in [1.29, 1.82) is 0 Å². The maximum atomic E-state index is 5.37. The van der Waals surface area contributed by atoms with Crippen molar-refractivity contribution in [3.05, 3.63) is 278 Å². The van der Waals surface area contributed by atoms with Crippen LogP contribution in [0.1, 0.15) is 23.2 Å². The predicted octanol–water partition coefficient (Wildman–Crippen LogP) is 17.2. The smallest absolute Gasteiger partial charge is 0.164 e. The lowest BCUT2D eigenvalue weighted by Crippen LogP contribution is -2.08. The summed E-state index contributed by atoms with van der Waals surface area (Å²) in [7, 11) is 0. The van der Waals surface area contributed by atoms with E-state index in [0.29, 0.717) is 17.5 Å². The molecule has 0 fully saturated rings. The summed E-state index contributed by atoms with van der Waals surface area (Å²) >= 11 is 0. The lowest BCUT2D eigenvalue weighted by molar-refractivity contribution is 0.899. The van der Waals surface area contributed by atoms with Gasteiger partial charge in [-0.3, -0.25) is 0 Å². The Kier molecular flexibility index (Phi) is 11.2. The SMILES string of the molecule is c1cccc(-c2cc(-c3nc(-c4ccc(-c5ccccc5)cc4)nc(-c4ccc(-c5ccccc5)cc4)n3)cc(-c3ccccc3)c2-n2c3c(c4cc(-c5ccccc5)ccc42)C=C(c2ccccc2)CC3)c#1. The number of rotatable bonds is 10. The van der Waals surface area contributed by atoms with Crippen LogP contribution in [0, 0.1) is 12.1 Å². The molecule has 73 heavy (non-hydrogen) atoms. The first-order chi connectivity index (χ1) is 36.2. The molecule has 1 aliphatic rings. The van der Waals surface area contributed by atoms with Gasteiger partial charge in [-0.1, -0.05) is 224 Å². The van der Waals surface area contributed by atoms with Gasteiger partial charge in [0.25, 0.3) is 0 Å². The molecule has 0 saturated carbocycles. The van der Waals surface area contributed by atoms with Crippen LogP contribution in [0.4, 0.5) is 0 Å². The molecular formula is C69H46N4. The molecule has 2 heterocycles. The van der Waals surface area contributed by atoms with Crippen LogP contribution in [0.25, 0.3) is 118 Å². The van der Waals surface area contributed by atoms with Gasteiger partial charge in [-0.25, -0.2) is 15.0 Å². The Morgan fingerprint density at radius 1 is 0.356 bits per heavy atom. The van der Waals surface area contributed by atoms with Crippen molar-refractivity contribution < 1.29 is 0 Å². The molecule has 0 atom stereocenters. The summed E-state index contributed by atoms with van der Waals surface area (Å²) in [5, 5.41) is 1.21. The van der Waals surface area contributed by atoms with E-state index in [2.05, 4.69) is 247 Å². The second-order valence-electron chi connectivity index (χ2n) is 18.5. The molecule has 13 rings (SSSR count). The van der Waals surface area contributed by atoms with Crippen LogP contribution < -0.4 is 0 Å². The number of hydrogen-bond donors (Lipinski definition) is 0. The fourth-order valence-electron chi connectivity index (χ4n) is 10.4. The van der Waals surface area contributed by atoms with Gasteiger partial charge in [-0.05, 0) is 105 Å². The van der Waals surface area contributed by atoms with E-state index in [9.17, 15) is 0 Å². The van der Waals surface area contributed by atoms with E-state index in [1.54, 1.807) is 0 Å². The third kappa shape index (κ3) is 8.39. The summed E-state index contributed by atoms with van der Waals surface area (Å²) in [6.45, 7) is 0. The number of allylic oxidation sites excluding steroid dienone is 1. The van der Waals surface area contributed by atoms with E-state index in [4.69, 9.17) is 15.0 Å². The predicted molar refractivity (Wildman–Crippen MR) is 300 cm³/mol. The zero-order valence-corrected chi connectivity index (χ0v) is 40.0. The van der Waals surface area contributed by atoms with Crippen LogP contribution in [0.5, 0.6) is 0 Å². The van der Waals surface area contributed by atoms with Gasteiger partial charge >= 0.3 is 0 Å². The minimum Gasteiger partial charge on any atom is -0.312 e. The van der Waals surface area contributed by atoms with Crippen LogP contribution in [0.15, 0.2) is 249 Å². The Morgan fingerprint density at radius 2 is 0.808 bits per heavy atom. The second kappa shape index (κ2) is 18.9. The Morgan fingerprint density at radius 3 is 1.34 bits per heavy atom. The quantitative estimate of drug-likeness (QED) is 0.137. The summed E-state index contributed by atoms with van der Waals surface area (Å²) in [6.07, 6.45) is 4.21. The molecule has 4 nitrogen and oxygen atoms in total. The van der Waals surface area contributed by atoms with Crippen LogP contribution in [0.3, 0.4) is 0 Å². The fourth-order valence-corrected chi connectivity index (χ4v) is 10.4. The van der Waals surface area contributed by atoms with Crippen molar-refractivity contribution in [3.63, 3.8) is 0 Å². The molecular weight excluding hydrogens is 885 g/mol. The van der Waals surface area contributed by atoms with Crippen molar-refractivity contribution >= 4 is 22.6 Å². The topological polar surface area (TPSA) is 43.6 Å². The average Bonchev–Trinajstić information content (AvgIpc) is 3.80. The summed E-state index contributed by atoms with van der Waals surface area (Å²) in [6, 6.07) is 94.7. The van der Waals surface area contributed by atoms with Crippen LogP contribution in [-0.4, -0.2) is 19.5 Å². The Hall–Kier alpha value is -9.69. The standard InChI is InChI=1S/C69H46N4/c1-7-19-47(20-8-1)51-31-35-55(36-32-51)67-70-68(56-37-33-52(34-38-56)48-21-9-2-10-22-48)72-69(71-67)59-45-60(53-27-15-5-16-28-53)66(61(46-59)54-29-17-6-18-30-54)73-64-41-39-57(49-23-11-3-12-24-49)43-62(64)63-44-58(40-42-65(63)73)50-25-13-4-14-26-50/h1-17,19-29,31-39,41,43-46H,40,42H2. The zero-order valence-electron chi connectivity index (χ0n) is 40.0. The Balaban J connectivity index is 1.06. The van der Waals surface area contributed by atoms with Crippen molar-refractivity contribution in [2.75, 3.05) is 0 Å². The highest BCUT2D eigenvalue weighted by Crippen LogP contribution is 2.46. The molecule has 0 N–H and O–H groups in total. The molecule has 0 amide bonds. The first-order valence-corrected chi connectivity index (χ1v) is 24.9. The zero-order chi connectivity index (χ0) is 48.5. The summed E-state index contributed by atoms with van der Waals surface area (Å²) in [5.41, 5.74) is 21.0. The molecule has 2 aromatic heterocycles. The monoisotopic (exact) mass is 930 g/mol. The van der Waals surface area contributed by atoms with E-state index < -0.39 is 0 Å². The molecule has 0 spiro atoms. The summed E-state index contributed by atoms with van der Waals surface area (Å²) in [5.74, 6) is 1.77. The maximum absolute atomic E-state index is 5.37. The largest absolute Gasteiger partial charge is 0.312 e. The minimum atomic E-state index is 0.575. The Labute approximate surface area is 426 Å². The van der Waals surface area contributed by atoms with Gasteiger partial charge in [-0.15, -0.1) is 0 Å². The maximum Gasteiger partial charge on any atom is 0.164 e. The van der Waals surface area contributed by atoms with Gasteiger partial charge in [0.15, 0.2) is 17.5 Å². The first kappa shape index (κ1) is 43.3. The second-order valence-corrected chi connectivity index (χ2v) is 18.5. The number of aromatic nitrogens is 4. The van der Waals surface area contributed by atoms with E-state index in [0.717, 1.165) is 85.2 Å². The number of hydrogen-bond acceptors (Lipinski definition) is 3. The third-order valence-corrected chi connectivity index (χ3v) is 14.1. The normalized spacial score (nSPS) is 12.0. The fraction of sp³-hybridized carbons (Fsp3) is 0.0290. The van der Waals surface area contributed by atoms with Gasteiger partial charge in [-0.2, -0.15) is 0 Å². The minimum absolute atomic E-state index is 0.575. The number of fused-ring (bicyclic) bond motifs is 3. The van der Waals surface area contributed by atoms with Crippen molar-refractivity contribution in [1.82, 2.24) is 19.5 Å². The van der Waals surface area contributed by atoms with Crippen molar-refractivity contribution in [2.45, 2.75) is 12.8 Å². The van der Waals surface area contributed by atoms with E-state index >= 15 is 0 Å².